The van der Waals surface area contributed by atoms with Gasteiger partial charge in [-0.3, -0.25) is 4.90 Å². The molecule has 2 aliphatic heterocycles. The second-order valence-electron chi connectivity index (χ2n) is 4.77. The average molecular weight is 268 g/mol. The highest BCUT2D eigenvalue weighted by Gasteiger charge is 2.43. The monoisotopic (exact) mass is 268 g/mol. The molecule has 6 nitrogen and oxygen atoms in total. The van der Waals surface area contributed by atoms with Crippen LogP contribution in [-0.2, 0) is 14.2 Å². The minimum absolute atomic E-state index is 0.117. The van der Waals surface area contributed by atoms with Crippen molar-refractivity contribution in [3.63, 3.8) is 0 Å². The molecule has 0 bridgehead atoms. The number of hydrogen-bond acceptors (Lipinski definition) is 4. The second kappa shape index (κ2) is 5.73. The van der Waals surface area contributed by atoms with Gasteiger partial charge in [-0.1, -0.05) is 6.58 Å². The summed E-state index contributed by atoms with van der Waals surface area (Å²) in [5.74, 6) is 0.117. The third-order valence-corrected chi connectivity index (χ3v) is 3.45. The van der Waals surface area contributed by atoms with Gasteiger partial charge < -0.3 is 19.5 Å². The highest BCUT2D eigenvalue weighted by molar-refractivity contribution is 5.80. The molecule has 2 heterocycles. The summed E-state index contributed by atoms with van der Waals surface area (Å²) >= 11 is 0. The Kier molecular flexibility index (Phi) is 4.24. The van der Waals surface area contributed by atoms with Crippen LogP contribution in [0.2, 0.25) is 0 Å². The SMILES string of the molecule is C=C1NC(=O)N([C@@H]2OC[C@H](COC)[C@H]2OC)C=C1C. The van der Waals surface area contributed by atoms with Gasteiger partial charge in [0.15, 0.2) is 6.23 Å². The minimum Gasteiger partial charge on any atom is -0.384 e. The number of ether oxygens (including phenoxy) is 3. The topological polar surface area (TPSA) is 60.0 Å². The van der Waals surface area contributed by atoms with E-state index in [9.17, 15) is 4.79 Å². The number of carbonyl (C=O) groups excluding carboxylic acids is 1. The van der Waals surface area contributed by atoms with Gasteiger partial charge in [0.2, 0.25) is 0 Å². The van der Waals surface area contributed by atoms with E-state index in [-0.39, 0.29) is 18.1 Å². The predicted octanol–water partition coefficient (Wildman–Crippen LogP) is 1.06. The molecule has 0 saturated carbocycles. The van der Waals surface area contributed by atoms with Crippen molar-refractivity contribution in [3.05, 3.63) is 24.0 Å². The normalized spacial score (nSPS) is 31.4. The van der Waals surface area contributed by atoms with Crippen molar-refractivity contribution < 1.29 is 19.0 Å². The number of nitrogens with zero attached hydrogens (tertiary/aromatic N) is 1. The van der Waals surface area contributed by atoms with Crippen molar-refractivity contribution in [2.24, 2.45) is 5.92 Å². The summed E-state index contributed by atoms with van der Waals surface area (Å²) in [5, 5.41) is 2.70. The Bertz CT molecular complexity index is 407. The third kappa shape index (κ3) is 2.65. The number of hydrogen-bond donors (Lipinski definition) is 1. The van der Waals surface area contributed by atoms with Gasteiger partial charge in [0.05, 0.1) is 13.2 Å². The van der Waals surface area contributed by atoms with Gasteiger partial charge in [0.25, 0.3) is 0 Å². The number of amides is 2. The summed E-state index contributed by atoms with van der Waals surface area (Å²) in [4.78, 5) is 13.5. The zero-order valence-electron chi connectivity index (χ0n) is 11.5. The Morgan fingerprint density at radius 2 is 2.32 bits per heavy atom. The van der Waals surface area contributed by atoms with Crippen LogP contribution in [0, 0.1) is 5.92 Å². The van der Waals surface area contributed by atoms with E-state index < -0.39 is 6.23 Å². The first-order valence-electron chi connectivity index (χ1n) is 6.18. The maximum atomic E-state index is 12.0. The summed E-state index contributed by atoms with van der Waals surface area (Å²) in [6.07, 6.45) is 1.10. The van der Waals surface area contributed by atoms with Crippen LogP contribution in [0.5, 0.6) is 0 Å². The molecule has 2 amide bonds. The lowest BCUT2D eigenvalue weighted by Gasteiger charge is -2.33. The second-order valence-corrected chi connectivity index (χ2v) is 4.77. The van der Waals surface area contributed by atoms with Crippen LogP contribution >= 0.6 is 0 Å². The molecule has 0 spiro atoms. The van der Waals surface area contributed by atoms with Crippen molar-refractivity contribution in [1.29, 1.82) is 0 Å². The van der Waals surface area contributed by atoms with Crippen molar-refractivity contribution in [2.45, 2.75) is 19.3 Å². The Hall–Kier alpha value is -1.37. The van der Waals surface area contributed by atoms with Crippen molar-refractivity contribution in [1.82, 2.24) is 10.2 Å². The summed E-state index contributed by atoms with van der Waals surface area (Å²) in [6.45, 7) is 6.71. The van der Waals surface area contributed by atoms with E-state index in [1.807, 2.05) is 6.92 Å². The number of methoxy groups -OCH3 is 2. The molecule has 0 aromatic carbocycles. The molecule has 106 valence electrons. The first-order chi connectivity index (χ1) is 9.08. The first kappa shape index (κ1) is 14.0. The largest absolute Gasteiger partial charge is 0.384 e. The average Bonchev–Trinajstić information content (AvgIpc) is 2.77. The molecular formula is C13H20N2O4. The van der Waals surface area contributed by atoms with Gasteiger partial charge in [-0.15, -0.1) is 0 Å². The molecule has 2 aliphatic rings. The molecule has 0 radical (unpaired) electrons. The minimum atomic E-state index is -0.437. The highest BCUT2D eigenvalue weighted by Crippen LogP contribution is 2.28. The Morgan fingerprint density at radius 3 is 2.95 bits per heavy atom. The van der Waals surface area contributed by atoms with Crippen molar-refractivity contribution in [3.8, 4) is 0 Å². The maximum Gasteiger partial charge on any atom is 0.328 e. The summed E-state index contributed by atoms with van der Waals surface area (Å²) in [5.41, 5.74) is 1.51. The summed E-state index contributed by atoms with van der Waals surface area (Å²) < 4.78 is 16.3. The van der Waals surface area contributed by atoms with E-state index >= 15 is 0 Å². The van der Waals surface area contributed by atoms with Crippen molar-refractivity contribution in [2.75, 3.05) is 27.4 Å². The van der Waals surface area contributed by atoms with Crippen LogP contribution in [-0.4, -0.2) is 50.7 Å². The Balaban J connectivity index is 2.17. The zero-order valence-corrected chi connectivity index (χ0v) is 11.5. The summed E-state index contributed by atoms with van der Waals surface area (Å²) in [7, 11) is 3.26. The fourth-order valence-electron chi connectivity index (χ4n) is 2.38. The molecule has 0 aromatic rings. The summed E-state index contributed by atoms with van der Waals surface area (Å²) in [6, 6.07) is -0.249. The van der Waals surface area contributed by atoms with Gasteiger partial charge in [0.1, 0.15) is 6.10 Å². The number of allylic oxidation sites excluding steroid dienone is 1. The quantitative estimate of drug-likeness (QED) is 0.828. The van der Waals surface area contributed by atoms with E-state index in [2.05, 4.69) is 11.9 Å². The van der Waals surface area contributed by atoms with Crippen LogP contribution in [0.3, 0.4) is 0 Å². The molecule has 0 aliphatic carbocycles. The fourth-order valence-corrected chi connectivity index (χ4v) is 2.38. The van der Waals surface area contributed by atoms with Crippen LogP contribution < -0.4 is 5.32 Å². The number of carbonyl (C=O) groups is 1. The van der Waals surface area contributed by atoms with Gasteiger partial charge >= 0.3 is 6.03 Å². The molecule has 3 atom stereocenters. The van der Waals surface area contributed by atoms with E-state index in [0.29, 0.717) is 18.9 Å². The lowest BCUT2D eigenvalue weighted by molar-refractivity contribution is -0.0518. The Morgan fingerprint density at radius 1 is 1.58 bits per heavy atom. The van der Waals surface area contributed by atoms with Crippen LogP contribution in [0.25, 0.3) is 0 Å². The van der Waals surface area contributed by atoms with E-state index in [0.717, 1.165) is 5.57 Å². The van der Waals surface area contributed by atoms with Crippen molar-refractivity contribution >= 4 is 6.03 Å². The molecule has 19 heavy (non-hydrogen) atoms. The first-order valence-corrected chi connectivity index (χ1v) is 6.18. The number of nitrogens with one attached hydrogen (secondary N) is 1. The molecule has 1 N–H and O–H groups in total. The van der Waals surface area contributed by atoms with Crippen LogP contribution in [0.15, 0.2) is 24.0 Å². The van der Waals surface area contributed by atoms with E-state index in [1.54, 1.807) is 20.4 Å². The molecule has 1 fully saturated rings. The predicted molar refractivity (Wildman–Crippen MR) is 69.2 cm³/mol. The van der Waals surface area contributed by atoms with Gasteiger partial charge in [-0.25, -0.2) is 4.79 Å². The molecule has 0 unspecified atom stereocenters. The molecular weight excluding hydrogens is 248 g/mol. The number of urea groups is 1. The van der Waals surface area contributed by atoms with Crippen LogP contribution in [0.4, 0.5) is 4.79 Å². The standard InChI is InChI=1S/C13H20N2O4/c1-8-5-15(13(16)14-9(8)2)12-11(18-4)10(6-17-3)7-19-12/h5,10-12H,2,6-7H2,1,3-4H3,(H,14,16)/t10-,11+,12+/m0/s1. The zero-order chi connectivity index (χ0) is 14.0. The molecule has 6 heteroatoms. The van der Waals surface area contributed by atoms with Crippen LogP contribution in [0.1, 0.15) is 6.92 Å². The van der Waals surface area contributed by atoms with E-state index in [1.165, 1.54) is 4.90 Å². The van der Waals surface area contributed by atoms with Gasteiger partial charge in [-0.2, -0.15) is 0 Å². The third-order valence-electron chi connectivity index (χ3n) is 3.45. The Labute approximate surface area is 113 Å². The molecule has 0 aromatic heterocycles. The van der Waals surface area contributed by atoms with Gasteiger partial charge in [0, 0.05) is 32.0 Å². The maximum absolute atomic E-state index is 12.0. The smallest absolute Gasteiger partial charge is 0.328 e. The fraction of sp³-hybridized carbons (Fsp3) is 0.615. The highest BCUT2D eigenvalue weighted by atomic mass is 16.6. The van der Waals surface area contributed by atoms with E-state index in [4.69, 9.17) is 14.2 Å². The molecule has 1 saturated heterocycles. The van der Waals surface area contributed by atoms with Gasteiger partial charge in [-0.05, 0) is 12.5 Å². The number of rotatable bonds is 4. The lowest BCUT2D eigenvalue weighted by atomic mass is 10.1. The lowest BCUT2D eigenvalue weighted by Crippen LogP contribution is -2.50. The molecule has 2 rings (SSSR count).